The highest BCUT2D eigenvalue weighted by Crippen LogP contribution is 2.32. The zero-order chi connectivity index (χ0) is 9.26. The number of phenols is 1. The van der Waals surface area contributed by atoms with E-state index in [2.05, 4.69) is 5.48 Å². The molecular weight excluding hydrogens is 166 g/mol. The molecule has 0 fully saturated rings. The number of fused-ring (bicyclic) bond motifs is 1. The van der Waals surface area contributed by atoms with Crippen molar-refractivity contribution in [2.45, 2.75) is 6.42 Å². The number of hydrogen-bond donors (Lipinski definition) is 2. The SMILES string of the molecule is CONC1=CCc2cccc(O)c21. The lowest BCUT2D eigenvalue weighted by Gasteiger charge is -2.08. The Morgan fingerprint density at radius 3 is 3.08 bits per heavy atom. The molecule has 0 spiro atoms. The van der Waals surface area contributed by atoms with Crippen molar-refractivity contribution in [3.63, 3.8) is 0 Å². The largest absolute Gasteiger partial charge is 0.507 e. The molecule has 0 amide bonds. The van der Waals surface area contributed by atoms with Gasteiger partial charge in [0.1, 0.15) is 5.75 Å². The van der Waals surface area contributed by atoms with Crippen LogP contribution in [-0.2, 0) is 11.3 Å². The van der Waals surface area contributed by atoms with Gasteiger partial charge in [0, 0.05) is 5.56 Å². The molecule has 0 unspecified atom stereocenters. The van der Waals surface area contributed by atoms with Gasteiger partial charge in [0.2, 0.25) is 0 Å². The van der Waals surface area contributed by atoms with Crippen LogP contribution in [0.25, 0.3) is 5.70 Å². The van der Waals surface area contributed by atoms with E-state index < -0.39 is 0 Å². The Hall–Kier alpha value is -1.48. The van der Waals surface area contributed by atoms with E-state index in [9.17, 15) is 5.11 Å². The summed E-state index contributed by atoms with van der Waals surface area (Å²) >= 11 is 0. The van der Waals surface area contributed by atoms with Gasteiger partial charge in [0.25, 0.3) is 0 Å². The first-order valence-electron chi connectivity index (χ1n) is 4.13. The zero-order valence-corrected chi connectivity index (χ0v) is 7.37. The minimum atomic E-state index is 0.297. The first-order valence-corrected chi connectivity index (χ1v) is 4.13. The molecule has 0 saturated carbocycles. The van der Waals surface area contributed by atoms with Crippen molar-refractivity contribution in [1.29, 1.82) is 0 Å². The Labute approximate surface area is 76.6 Å². The van der Waals surface area contributed by atoms with Crippen molar-refractivity contribution < 1.29 is 9.94 Å². The van der Waals surface area contributed by atoms with E-state index >= 15 is 0 Å². The van der Waals surface area contributed by atoms with E-state index in [4.69, 9.17) is 4.84 Å². The number of hydrogen-bond acceptors (Lipinski definition) is 3. The monoisotopic (exact) mass is 177 g/mol. The zero-order valence-electron chi connectivity index (χ0n) is 7.37. The van der Waals surface area contributed by atoms with Crippen LogP contribution in [0.4, 0.5) is 0 Å². The summed E-state index contributed by atoms with van der Waals surface area (Å²) in [5.41, 5.74) is 5.56. The van der Waals surface area contributed by atoms with E-state index in [1.165, 1.54) is 0 Å². The summed E-state index contributed by atoms with van der Waals surface area (Å²) in [6, 6.07) is 5.52. The molecule has 1 aliphatic carbocycles. The number of rotatable bonds is 2. The number of nitrogens with one attached hydrogen (secondary N) is 1. The second-order valence-electron chi connectivity index (χ2n) is 2.94. The van der Waals surface area contributed by atoms with E-state index in [1.807, 2.05) is 18.2 Å². The topological polar surface area (TPSA) is 41.5 Å². The van der Waals surface area contributed by atoms with E-state index in [0.717, 1.165) is 23.2 Å². The Balaban J connectivity index is 2.42. The third-order valence-corrected chi connectivity index (χ3v) is 2.14. The maximum Gasteiger partial charge on any atom is 0.125 e. The number of benzene rings is 1. The molecule has 2 rings (SSSR count). The van der Waals surface area contributed by atoms with Gasteiger partial charge in [0.05, 0.1) is 12.8 Å². The van der Waals surface area contributed by atoms with Gasteiger partial charge in [0.15, 0.2) is 0 Å². The minimum absolute atomic E-state index is 0.297. The highest BCUT2D eigenvalue weighted by molar-refractivity contribution is 5.75. The molecule has 0 saturated heterocycles. The Morgan fingerprint density at radius 1 is 1.46 bits per heavy atom. The Bertz CT molecular complexity index is 358. The molecule has 0 aromatic heterocycles. The smallest absolute Gasteiger partial charge is 0.125 e. The lowest BCUT2D eigenvalue weighted by molar-refractivity contribution is 0.136. The normalized spacial score (nSPS) is 13.8. The molecule has 13 heavy (non-hydrogen) atoms. The van der Waals surface area contributed by atoms with Crippen LogP contribution in [0.2, 0.25) is 0 Å². The molecule has 0 heterocycles. The van der Waals surface area contributed by atoms with Crippen LogP contribution in [0, 0.1) is 0 Å². The van der Waals surface area contributed by atoms with Crippen LogP contribution in [0.5, 0.6) is 5.75 Å². The average molecular weight is 177 g/mol. The van der Waals surface area contributed by atoms with Crippen LogP contribution in [0.15, 0.2) is 24.3 Å². The fourth-order valence-electron chi connectivity index (χ4n) is 1.58. The van der Waals surface area contributed by atoms with Gasteiger partial charge in [-0.05, 0) is 18.1 Å². The lowest BCUT2D eigenvalue weighted by atomic mass is 10.1. The van der Waals surface area contributed by atoms with Crippen molar-refractivity contribution in [2.75, 3.05) is 7.11 Å². The molecule has 3 heteroatoms. The van der Waals surface area contributed by atoms with Gasteiger partial charge in [-0.25, -0.2) is 0 Å². The van der Waals surface area contributed by atoms with Gasteiger partial charge in [-0.2, -0.15) is 0 Å². The van der Waals surface area contributed by atoms with Gasteiger partial charge >= 0.3 is 0 Å². The Morgan fingerprint density at radius 2 is 2.31 bits per heavy atom. The molecule has 2 N–H and O–H groups in total. The van der Waals surface area contributed by atoms with Crippen LogP contribution in [0.3, 0.4) is 0 Å². The molecule has 0 atom stereocenters. The summed E-state index contributed by atoms with van der Waals surface area (Å²) in [6.07, 6.45) is 2.84. The fourth-order valence-corrected chi connectivity index (χ4v) is 1.58. The summed E-state index contributed by atoms with van der Waals surface area (Å²) in [4.78, 5) is 4.81. The van der Waals surface area contributed by atoms with Gasteiger partial charge < -0.3 is 5.11 Å². The first kappa shape index (κ1) is 8.13. The maximum atomic E-state index is 9.59. The highest BCUT2D eigenvalue weighted by Gasteiger charge is 2.16. The number of aromatic hydroxyl groups is 1. The predicted octanol–water partition coefficient (Wildman–Crippen LogP) is 1.44. The van der Waals surface area contributed by atoms with E-state index in [-0.39, 0.29) is 0 Å². The molecular formula is C10H11NO2. The molecule has 1 aromatic rings. The minimum Gasteiger partial charge on any atom is -0.507 e. The fraction of sp³-hybridized carbons (Fsp3) is 0.200. The predicted molar refractivity (Wildman–Crippen MR) is 49.9 cm³/mol. The summed E-state index contributed by atoms with van der Waals surface area (Å²) in [6.45, 7) is 0. The van der Waals surface area contributed by atoms with Crippen molar-refractivity contribution in [3.05, 3.63) is 35.4 Å². The maximum absolute atomic E-state index is 9.59. The standard InChI is InChI=1S/C10H11NO2/c1-13-11-8-6-5-7-3-2-4-9(12)10(7)8/h2-4,6,11-12H,5H2,1H3. The summed E-state index contributed by atoms with van der Waals surface area (Å²) in [7, 11) is 1.55. The van der Waals surface area contributed by atoms with Crippen molar-refractivity contribution in [2.24, 2.45) is 0 Å². The summed E-state index contributed by atoms with van der Waals surface area (Å²) in [5, 5.41) is 9.59. The number of hydroxylamine groups is 1. The van der Waals surface area contributed by atoms with Gasteiger partial charge in [-0.3, -0.25) is 10.3 Å². The molecule has 1 aliphatic rings. The highest BCUT2D eigenvalue weighted by atomic mass is 16.6. The summed E-state index contributed by atoms with van der Waals surface area (Å²) in [5.74, 6) is 0.297. The molecule has 1 aromatic carbocycles. The summed E-state index contributed by atoms with van der Waals surface area (Å²) < 4.78 is 0. The molecule has 3 nitrogen and oxygen atoms in total. The molecule has 0 aliphatic heterocycles. The van der Waals surface area contributed by atoms with Crippen LogP contribution in [-0.4, -0.2) is 12.2 Å². The molecule has 0 radical (unpaired) electrons. The Kier molecular flexibility index (Phi) is 1.94. The van der Waals surface area contributed by atoms with Gasteiger partial charge in [-0.1, -0.05) is 18.2 Å². The number of allylic oxidation sites excluding steroid dienone is 1. The van der Waals surface area contributed by atoms with Crippen LogP contribution >= 0.6 is 0 Å². The third-order valence-electron chi connectivity index (χ3n) is 2.14. The second-order valence-corrected chi connectivity index (χ2v) is 2.94. The van der Waals surface area contributed by atoms with Crippen molar-refractivity contribution in [1.82, 2.24) is 5.48 Å². The molecule has 0 bridgehead atoms. The van der Waals surface area contributed by atoms with Crippen LogP contribution < -0.4 is 5.48 Å². The van der Waals surface area contributed by atoms with Gasteiger partial charge in [-0.15, -0.1) is 0 Å². The van der Waals surface area contributed by atoms with E-state index in [1.54, 1.807) is 13.2 Å². The third kappa shape index (κ3) is 1.27. The lowest BCUT2D eigenvalue weighted by Crippen LogP contribution is -2.08. The second kappa shape index (κ2) is 3.11. The average Bonchev–Trinajstić information content (AvgIpc) is 2.51. The van der Waals surface area contributed by atoms with E-state index in [0.29, 0.717) is 5.75 Å². The first-order chi connectivity index (χ1) is 6.33. The van der Waals surface area contributed by atoms with Crippen molar-refractivity contribution in [3.8, 4) is 5.75 Å². The van der Waals surface area contributed by atoms with Crippen LogP contribution in [0.1, 0.15) is 11.1 Å². The molecule has 68 valence electrons. The number of phenolic OH excluding ortho intramolecular Hbond substituents is 1. The quantitative estimate of drug-likeness (QED) is 0.671. The van der Waals surface area contributed by atoms with Crippen molar-refractivity contribution >= 4 is 5.70 Å².